The van der Waals surface area contributed by atoms with Gasteiger partial charge in [0.1, 0.15) is 5.75 Å². The molecule has 2 aromatic rings. The molecule has 6 nitrogen and oxygen atoms in total. The number of methoxy groups -OCH3 is 1. The Balaban J connectivity index is 1.56. The normalized spacial score (nSPS) is 23.3. The molecule has 0 radical (unpaired) electrons. The predicted molar refractivity (Wildman–Crippen MR) is 134 cm³/mol. The Bertz CT molecular complexity index is 969. The highest BCUT2D eigenvalue weighted by molar-refractivity contribution is 5.85. The number of rotatable bonds is 8. The molecule has 2 aliphatic rings. The van der Waals surface area contributed by atoms with Crippen LogP contribution in [0.1, 0.15) is 60.8 Å². The van der Waals surface area contributed by atoms with Gasteiger partial charge in [-0.3, -0.25) is 9.69 Å². The van der Waals surface area contributed by atoms with Gasteiger partial charge >= 0.3 is 6.03 Å². The molecule has 2 aromatic carbocycles. The maximum absolute atomic E-state index is 13.1. The number of nitrogens with zero attached hydrogens (tertiary/aromatic N) is 1. The van der Waals surface area contributed by atoms with Gasteiger partial charge in [0.05, 0.1) is 13.2 Å². The van der Waals surface area contributed by atoms with Crippen molar-refractivity contribution in [1.29, 1.82) is 0 Å². The zero-order valence-electron chi connectivity index (χ0n) is 20.5. The fraction of sp³-hybridized carbons (Fsp3) is 0.500. The Labute approximate surface area is 203 Å². The molecule has 34 heavy (non-hydrogen) atoms. The highest BCUT2D eigenvalue weighted by Gasteiger charge is 2.38. The van der Waals surface area contributed by atoms with Crippen molar-refractivity contribution >= 4 is 11.8 Å². The van der Waals surface area contributed by atoms with Gasteiger partial charge in [-0.2, -0.15) is 0 Å². The largest absolute Gasteiger partial charge is 0.497 e. The van der Waals surface area contributed by atoms with Crippen molar-refractivity contribution in [2.24, 2.45) is 5.92 Å². The van der Waals surface area contributed by atoms with E-state index in [-0.39, 0.29) is 23.9 Å². The van der Waals surface area contributed by atoms with Crippen molar-refractivity contribution in [2.45, 2.75) is 56.5 Å². The van der Waals surface area contributed by atoms with Crippen LogP contribution in [0, 0.1) is 5.92 Å². The molecule has 1 unspecified atom stereocenters. The van der Waals surface area contributed by atoms with Crippen LogP contribution in [0.3, 0.4) is 0 Å². The lowest BCUT2D eigenvalue weighted by molar-refractivity contribution is -0.123. The minimum absolute atomic E-state index is 0.120. The SMILES string of the molecule is CNC(=O)NC[C@H]1C(=O)CCC(CCc2ccc(OC)cc2)[C@@H](c2ccc(C3CC3)cc2)N1C. The first-order valence-electron chi connectivity index (χ1n) is 12.4. The third-order valence-electron chi connectivity index (χ3n) is 7.48. The van der Waals surface area contributed by atoms with Crippen LogP contribution in [0.15, 0.2) is 48.5 Å². The van der Waals surface area contributed by atoms with Gasteiger partial charge in [0.2, 0.25) is 0 Å². The topological polar surface area (TPSA) is 70.7 Å². The number of ketones is 1. The third kappa shape index (κ3) is 5.79. The summed E-state index contributed by atoms with van der Waals surface area (Å²) < 4.78 is 5.29. The van der Waals surface area contributed by atoms with E-state index >= 15 is 0 Å². The number of hydrogen-bond donors (Lipinski definition) is 2. The zero-order valence-corrected chi connectivity index (χ0v) is 20.5. The van der Waals surface area contributed by atoms with Gasteiger partial charge in [0, 0.05) is 26.1 Å². The maximum atomic E-state index is 13.1. The van der Waals surface area contributed by atoms with Gasteiger partial charge in [0.25, 0.3) is 0 Å². The minimum atomic E-state index is -0.337. The van der Waals surface area contributed by atoms with Gasteiger partial charge in [-0.05, 0) is 79.8 Å². The summed E-state index contributed by atoms with van der Waals surface area (Å²) >= 11 is 0. The van der Waals surface area contributed by atoms with Crippen LogP contribution < -0.4 is 15.4 Å². The molecular formula is C28H37N3O3. The summed E-state index contributed by atoms with van der Waals surface area (Å²) in [6, 6.07) is 16.8. The Morgan fingerprint density at radius 2 is 1.71 bits per heavy atom. The molecular weight excluding hydrogens is 426 g/mol. The Kier molecular flexibility index (Phi) is 7.88. The molecule has 3 atom stereocenters. The number of hydrogen-bond acceptors (Lipinski definition) is 4. The van der Waals surface area contributed by atoms with E-state index in [1.54, 1.807) is 14.2 Å². The van der Waals surface area contributed by atoms with Gasteiger partial charge in [-0.15, -0.1) is 0 Å². The van der Waals surface area contributed by atoms with E-state index in [4.69, 9.17) is 4.74 Å². The van der Waals surface area contributed by atoms with Gasteiger partial charge in [-0.1, -0.05) is 36.4 Å². The first-order valence-corrected chi connectivity index (χ1v) is 12.4. The van der Waals surface area contributed by atoms with E-state index in [2.05, 4.69) is 51.9 Å². The van der Waals surface area contributed by atoms with Crippen molar-refractivity contribution in [3.63, 3.8) is 0 Å². The van der Waals surface area contributed by atoms with Crippen molar-refractivity contribution < 1.29 is 14.3 Å². The molecule has 0 bridgehead atoms. The third-order valence-corrected chi connectivity index (χ3v) is 7.48. The summed E-state index contributed by atoms with van der Waals surface area (Å²) in [6.45, 7) is 0.316. The number of ether oxygens (including phenoxy) is 1. The molecule has 6 heteroatoms. The molecule has 2 N–H and O–H groups in total. The van der Waals surface area contributed by atoms with Crippen molar-refractivity contribution in [3.05, 3.63) is 65.2 Å². The molecule has 1 aliphatic carbocycles. The lowest BCUT2D eigenvalue weighted by Gasteiger charge is -2.37. The Morgan fingerprint density at radius 3 is 2.32 bits per heavy atom. The van der Waals surface area contributed by atoms with Gasteiger partial charge < -0.3 is 15.4 Å². The molecule has 0 aromatic heterocycles. The predicted octanol–water partition coefficient (Wildman–Crippen LogP) is 4.46. The number of likely N-dealkylation sites (N-methyl/N-ethyl adjacent to an activating group) is 1. The molecule has 4 rings (SSSR count). The van der Waals surface area contributed by atoms with Gasteiger partial charge in [-0.25, -0.2) is 4.79 Å². The second-order valence-corrected chi connectivity index (χ2v) is 9.68. The number of aryl methyl sites for hydroxylation is 1. The van der Waals surface area contributed by atoms with E-state index in [0.717, 1.165) is 30.9 Å². The second-order valence-electron chi connectivity index (χ2n) is 9.68. The second kappa shape index (κ2) is 11.0. The summed E-state index contributed by atoms with van der Waals surface area (Å²) in [4.78, 5) is 27.1. The van der Waals surface area contributed by atoms with E-state index in [1.165, 1.54) is 29.5 Å². The Morgan fingerprint density at radius 1 is 1.03 bits per heavy atom. The number of carbonyl (C=O) groups excluding carboxylic acids is 2. The number of amides is 2. The van der Waals surface area contributed by atoms with Crippen LogP contribution in [0.4, 0.5) is 4.79 Å². The smallest absolute Gasteiger partial charge is 0.314 e. The highest BCUT2D eigenvalue weighted by Crippen LogP contribution is 2.42. The van der Waals surface area contributed by atoms with Crippen LogP contribution in [0.25, 0.3) is 0 Å². The lowest BCUT2D eigenvalue weighted by atomic mass is 9.84. The van der Waals surface area contributed by atoms with E-state index < -0.39 is 0 Å². The Hall–Kier alpha value is -2.86. The molecule has 182 valence electrons. The van der Waals surface area contributed by atoms with Crippen molar-refractivity contribution in [2.75, 3.05) is 27.7 Å². The monoisotopic (exact) mass is 463 g/mol. The number of Topliss-reactive ketones (excluding diaryl/α,β-unsaturated/α-hetero) is 1. The van der Waals surface area contributed by atoms with E-state index in [1.807, 2.05) is 19.2 Å². The maximum Gasteiger partial charge on any atom is 0.314 e. The van der Waals surface area contributed by atoms with Crippen LogP contribution in [0.2, 0.25) is 0 Å². The summed E-state index contributed by atoms with van der Waals surface area (Å²) in [6.07, 6.45) is 5.91. The summed E-state index contributed by atoms with van der Waals surface area (Å²) in [5.74, 6) is 2.12. The number of benzene rings is 2. The van der Waals surface area contributed by atoms with Crippen molar-refractivity contribution in [1.82, 2.24) is 15.5 Å². The van der Waals surface area contributed by atoms with Crippen molar-refractivity contribution in [3.8, 4) is 5.75 Å². The van der Waals surface area contributed by atoms with Gasteiger partial charge in [0.15, 0.2) is 5.78 Å². The molecule has 0 spiro atoms. The zero-order chi connectivity index (χ0) is 24.1. The van der Waals surface area contributed by atoms with Crippen LogP contribution in [-0.4, -0.2) is 50.5 Å². The molecule has 1 heterocycles. The molecule has 1 saturated carbocycles. The fourth-order valence-electron chi connectivity index (χ4n) is 5.28. The number of urea groups is 1. The number of likely N-dealkylation sites (tertiary alicyclic amines) is 1. The summed E-state index contributed by atoms with van der Waals surface area (Å²) in [5.41, 5.74) is 3.95. The van der Waals surface area contributed by atoms with Crippen LogP contribution >= 0.6 is 0 Å². The standard InChI is InChI=1S/C28H37N3O3/c1-29-28(33)30-18-25-26(32)17-14-22(7-4-19-5-15-24(34-3)16-6-19)27(31(25)2)23-12-10-21(11-13-23)20-8-9-20/h5-6,10-13,15-16,20,22,25,27H,4,7-9,14,17-18H2,1-3H3,(H2,29,30,33)/t22?,25-,27-/m0/s1. The number of nitrogens with one attached hydrogen (secondary N) is 2. The summed E-state index contributed by atoms with van der Waals surface area (Å²) in [7, 11) is 5.31. The average Bonchev–Trinajstić information content (AvgIpc) is 3.72. The first kappa shape index (κ1) is 24.3. The highest BCUT2D eigenvalue weighted by atomic mass is 16.5. The van der Waals surface area contributed by atoms with E-state index in [9.17, 15) is 9.59 Å². The molecule has 2 fully saturated rings. The van der Waals surface area contributed by atoms with E-state index in [0.29, 0.717) is 18.9 Å². The van der Waals surface area contributed by atoms with Crippen LogP contribution in [-0.2, 0) is 11.2 Å². The first-order chi connectivity index (χ1) is 16.5. The minimum Gasteiger partial charge on any atom is -0.497 e. The molecule has 1 saturated heterocycles. The fourth-order valence-corrected chi connectivity index (χ4v) is 5.28. The summed E-state index contributed by atoms with van der Waals surface area (Å²) in [5, 5.41) is 5.44. The molecule has 1 aliphatic heterocycles. The van der Waals surface area contributed by atoms with Crippen LogP contribution in [0.5, 0.6) is 5.75 Å². The lowest BCUT2D eigenvalue weighted by Crippen LogP contribution is -2.49. The average molecular weight is 464 g/mol. The quantitative estimate of drug-likeness (QED) is 0.607. The number of carbonyl (C=O) groups is 2. The molecule has 2 amide bonds.